The van der Waals surface area contributed by atoms with E-state index in [0.29, 0.717) is 19.6 Å². The largest absolute Gasteiger partial charge is 0.492 e. The predicted molar refractivity (Wildman–Crippen MR) is 123 cm³/mol. The minimum Gasteiger partial charge on any atom is -0.492 e. The van der Waals surface area contributed by atoms with Gasteiger partial charge in [0.2, 0.25) is 5.91 Å². The van der Waals surface area contributed by atoms with Gasteiger partial charge in [0.15, 0.2) is 0 Å². The average Bonchev–Trinajstić information content (AvgIpc) is 3.36. The first-order valence-corrected chi connectivity index (χ1v) is 10.8. The van der Waals surface area contributed by atoms with E-state index in [1.165, 1.54) is 5.56 Å². The molecule has 1 atom stereocenters. The lowest BCUT2D eigenvalue weighted by Crippen LogP contribution is -2.25. The lowest BCUT2D eigenvalue weighted by Gasteiger charge is -2.20. The van der Waals surface area contributed by atoms with Crippen LogP contribution in [0.15, 0.2) is 78.9 Å². The van der Waals surface area contributed by atoms with Crippen LogP contribution in [0.5, 0.6) is 5.75 Å². The number of benzene rings is 3. The third-order valence-corrected chi connectivity index (χ3v) is 5.81. The standard InChI is InChI=1S/C26H25N3O2/c1-2-31-24-15-9-8-14-23(24)28-18-20(16-25(28)30)26-27-21-12-6-7-13-22(21)29(26)17-19-10-4-3-5-11-19/h3-15,20H,2,16-18H2,1H3/t20-/m1/s1. The molecule has 31 heavy (non-hydrogen) atoms. The van der Waals surface area contributed by atoms with Gasteiger partial charge in [-0.25, -0.2) is 4.98 Å². The number of nitrogens with zero attached hydrogens (tertiary/aromatic N) is 3. The molecule has 0 saturated carbocycles. The molecule has 0 aliphatic carbocycles. The van der Waals surface area contributed by atoms with E-state index in [-0.39, 0.29) is 11.8 Å². The van der Waals surface area contributed by atoms with Crippen molar-refractivity contribution in [3.8, 4) is 5.75 Å². The number of hydrogen-bond donors (Lipinski definition) is 0. The van der Waals surface area contributed by atoms with E-state index in [2.05, 4.69) is 34.9 Å². The highest BCUT2D eigenvalue weighted by Gasteiger charge is 2.36. The molecular weight excluding hydrogens is 386 g/mol. The minimum atomic E-state index is 0.0262. The van der Waals surface area contributed by atoms with Crippen LogP contribution in [0.2, 0.25) is 0 Å². The van der Waals surface area contributed by atoms with Gasteiger partial charge in [-0.1, -0.05) is 54.6 Å². The number of imidazole rings is 1. The second-order valence-corrected chi connectivity index (χ2v) is 7.84. The number of aromatic nitrogens is 2. The summed E-state index contributed by atoms with van der Waals surface area (Å²) in [5, 5.41) is 0. The zero-order valence-electron chi connectivity index (χ0n) is 17.6. The van der Waals surface area contributed by atoms with Crippen LogP contribution in [-0.4, -0.2) is 28.6 Å². The lowest BCUT2D eigenvalue weighted by molar-refractivity contribution is -0.117. The number of fused-ring (bicyclic) bond motifs is 1. The molecule has 5 nitrogen and oxygen atoms in total. The topological polar surface area (TPSA) is 47.4 Å². The fourth-order valence-electron chi connectivity index (χ4n) is 4.41. The molecule has 0 radical (unpaired) electrons. The summed E-state index contributed by atoms with van der Waals surface area (Å²) in [5.74, 6) is 1.85. The second-order valence-electron chi connectivity index (χ2n) is 7.84. The molecule has 3 aromatic carbocycles. The molecule has 0 bridgehead atoms. The first-order chi connectivity index (χ1) is 15.2. The molecule has 1 aromatic heterocycles. The van der Waals surface area contributed by atoms with E-state index >= 15 is 0 Å². The van der Waals surface area contributed by atoms with Crippen LogP contribution < -0.4 is 9.64 Å². The fraction of sp³-hybridized carbons (Fsp3) is 0.231. The van der Waals surface area contributed by atoms with Gasteiger partial charge in [-0.15, -0.1) is 0 Å². The lowest BCUT2D eigenvalue weighted by atomic mass is 10.1. The van der Waals surface area contributed by atoms with Crippen molar-refractivity contribution in [3.05, 3.63) is 90.3 Å². The van der Waals surface area contributed by atoms with Gasteiger partial charge in [-0.05, 0) is 36.8 Å². The van der Waals surface area contributed by atoms with Crippen molar-refractivity contribution >= 4 is 22.6 Å². The first-order valence-electron chi connectivity index (χ1n) is 10.8. The summed E-state index contributed by atoms with van der Waals surface area (Å²) in [6.07, 6.45) is 0.443. The van der Waals surface area contributed by atoms with Gasteiger partial charge < -0.3 is 14.2 Å². The van der Waals surface area contributed by atoms with Crippen molar-refractivity contribution in [1.82, 2.24) is 9.55 Å². The van der Waals surface area contributed by atoms with E-state index < -0.39 is 0 Å². The Bertz CT molecular complexity index is 1220. The molecule has 0 N–H and O–H groups in total. The molecular formula is C26H25N3O2. The summed E-state index contributed by atoms with van der Waals surface area (Å²) >= 11 is 0. The number of carbonyl (C=O) groups excluding carboxylic acids is 1. The summed E-state index contributed by atoms with van der Waals surface area (Å²) in [7, 11) is 0. The Kier molecular flexibility index (Phi) is 5.16. The number of anilines is 1. The smallest absolute Gasteiger partial charge is 0.227 e. The molecule has 156 valence electrons. The van der Waals surface area contributed by atoms with Crippen LogP contribution in [0.4, 0.5) is 5.69 Å². The molecule has 2 heterocycles. The molecule has 0 unspecified atom stereocenters. The van der Waals surface area contributed by atoms with Gasteiger partial charge >= 0.3 is 0 Å². The molecule has 1 amide bonds. The highest BCUT2D eigenvalue weighted by atomic mass is 16.5. The zero-order valence-corrected chi connectivity index (χ0v) is 17.6. The maximum atomic E-state index is 13.0. The van der Waals surface area contributed by atoms with Crippen molar-refractivity contribution in [2.75, 3.05) is 18.1 Å². The van der Waals surface area contributed by atoms with Crippen LogP contribution in [-0.2, 0) is 11.3 Å². The normalized spacial score (nSPS) is 16.2. The zero-order chi connectivity index (χ0) is 21.2. The first kappa shape index (κ1) is 19.4. The Balaban J connectivity index is 1.52. The summed E-state index contributed by atoms with van der Waals surface area (Å²) < 4.78 is 8.04. The van der Waals surface area contributed by atoms with Gasteiger partial charge in [0.05, 0.1) is 23.3 Å². The van der Waals surface area contributed by atoms with E-state index in [1.54, 1.807) is 0 Å². The molecule has 5 heteroatoms. The van der Waals surface area contributed by atoms with Crippen LogP contribution in [0, 0.1) is 0 Å². The van der Waals surface area contributed by atoms with Crippen molar-refractivity contribution in [3.63, 3.8) is 0 Å². The Hall–Kier alpha value is -3.60. The maximum Gasteiger partial charge on any atom is 0.227 e. The number of rotatable bonds is 6. The molecule has 5 rings (SSSR count). The Morgan fingerprint density at radius 2 is 1.71 bits per heavy atom. The highest BCUT2D eigenvalue weighted by Crippen LogP contribution is 2.37. The number of para-hydroxylation sites is 4. The number of hydrogen-bond acceptors (Lipinski definition) is 3. The third kappa shape index (κ3) is 3.67. The van der Waals surface area contributed by atoms with E-state index in [1.807, 2.05) is 60.4 Å². The third-order valence-electron chi connectivity index (χ3n) is 5.81. The fourth-order valence-corrected chi connectivity index (χ4v) is 4.41. The SMILES string of the molecule is CCOc1ccccc1N1C[C@H](c2nc3ccccc3n2Cc2ccccc2)CC1=O. The maximum absolute atomic E-state index is 13.0. The molecule has 4 aromatic rings. The monoisotopic (exact) mass is 411 g/mol. The molecule has 1 saturated heterocycles. The number of ether oxygens (including phenoxy) is 1. The van der Waals surface area contributed by atoms with Crippen LogP contribution >= 0.6 is 0 Å². The van der Waals surface area contributed by atoms with Crippen molar-refractivity contribution in [2.45, 2.75) is 25.8 Å². The van der Waals surface area contributed by atoms with Crippen LogP contribution in [0.3, 0.4) is 0 Å². The van der Waals surface area contributed by atoms with Crippen molar-refractivity contribution in [2.24, 2.45) is 0 Å². The minimum absolute atomic E-state index is 0.0262. The highest BCUT2D eigenvalue weighted by molar-refractivity contribution is 5.97. The van der Waals surface area contributed by atoms with E-state index in [9.17, 15) is 4.79 Å². The van der Waals surface area contributed by atoms with Gasteiger partial charge in [0.1, 0.15) is 11.6 Å². The van der Waals surface area contributed by atoms with E-state index in [4.69, 9.17) is 9.72 Å². The van der Waals surface area contributed by atoms with E-state index in [0.717, 1.165) is 34.8 Å². The number of carbonyl (C=O) groups is 1. The van der Waals surface area contributed by atoms with Crippen LogP contribution in [0.25, 0.3) is 11.0 Å². The van der Waals surface area contributed by atoms with Crippen LogP contribution in [0.1, 0.15) is 30.7 Å². The molecule has 1 aliphatic rings. The summed E-state index contributed by atoms with van der Waals surface area (Å²) in [6, 6.07) is 26.4. The summed E-state index contributed by atoms with van der Waals surface area (Å²) in [4.78, 5) is 19.8. The Morgan fingerprint density at radius 1 is 0.968 bits per heavy atom. The van der Waals surface area contributed by atoms with Crippen molar-refractivity contribution in [1.29, 1.82) is 0 Å². The molecule has 0 spiro atoms. The second kappa shape index (κ2) is 8.26. The predicted octanol–water partition coefficient (Wildman–Crippen LogP) is 5.00. The Labute approximate surface area is 181 Å². The Morgan fingerprint density at radius 3 is 2.55 bits per heavy atom. The van der Waals surface area contributed by atoms with Gasteiger partial charge in [0.25, 0.3) is 0 Å². The molecule has 1 fully saturated rings. The molecule has 1 aliphatic heterocycles. The van der Waals surface area contributed by atoms with Gasteiger partial charge in [-0.3, -0.25) is 4.79 Å². The average molecular weight is 412 g/mol. The van der Waals surface area contributed by atoms with Gasteiger partial charge in [0, 0.05) is 25.4 Å². The summed E-state index contributed by atoms with van der Waals surface area (Å²) in [5.41, 5.74) is 4.12. The summed E-state index contributed by atoms with van der Waals surface area (Å²) in [6.45, 7) is 3.85. The number of amides is 1. The van der Waals surface area contributed by atoms with Crippen molar-refractivity contribution < 1.29 is 9.53 Å². The van der Waals surface area contributed by atoms with Gasteiger partial charge in [-0.2, -0.15) is 0 Å². The quantitative estimate of drug-likeness (QED) is 0.448.